The molecule has 1 saturated carbocycles. The highest BCUT2D eigenvalue weighted by molar-refractivity contribution is 5.43. The van der Waals surface area contributed by atoms with Crippen LogP contribution in [0.4, 0.5) is 0 Å². The number of hydrogen-bond donors (Lipinski definition) is 1. The van der Waals surface area contributed by atoms with Gasteiger partial charge in [0.2, 0.25) is 0 Å². The molecule has 78 valence electrons. The van der Waals surface area contributed by atoms with Crippen molar-refractivity contribution in [2.24, 2.45) is 11.1 Å². The standard InChI is InChI=1S/C11H14N4/c1-10(2)7-11(10,12)8-6-9-13-4-3-5-15(9)14-8/h3-6H,7,12H2,1-2H3. The van der Waals surface area contributed by atoms with Gasteiger partial charge in [-0.2, -0.15) is 5.10 Å². The summed E-state index contributed by atoms with van der Waals surface area (Å²) in [6.45, 7) is 4.34. The number of fused-ring (bicyclic) bond motifs is 1. The van der Waals surface area contributed by atoms with E-state index in [2.05, 4.69) is 23.9 Å². The second-order valence-electron chi connectivity index (χ2n) is 4.98. The Bertz CT molecular complexity index is 495. The first-order valence-electron chi connectivity index (χ1n) is 5.13. The van der Waals surface area contributed by atoms with Crippen LogP contribution in [0, 0.1) is 5.41 Å². The normalized spacial score (nSPS) is 28.2. The molecule has 0 aromatic carbocycles. The lowest BCUT2D eigenvalue weighted by Gasteiger charge is -2.10. The molecule has 4 heteroatoms. The molecule has 0 spiro atoms. The van der Waals surface area contributed by atoms with Gasteiger partial charge in [-0.25, -0.2) is 9.50 Å². The summed E-state index contributed by atoms with van der Waals surface area (Å²) in [5.41, 5.74) is 8.01. The molecule has 1 atom stereocenters. The van der Waals surface area contributed by atoms with Gasteiger partial charge >= 0.3 is 0 Å². The van der Waals surface area contributed by atoms with Crippen molar-refractivity contribution in [1.82, 2.24) is 14.6 Å². The molecule has 3 rings (SSSR count). The number of nitrogens with two attached hydrogens (primary N) is 1. The zero-order valence-corrected chi connectivity index (χ0v) is 8.94. The molecule has 2 aromatic heterocycles. The quantitative estimate of drug-likeness (QED) is 0.758. The molecule has 15 heavy (non-hydrogen) atoms. The first kappa shape index (κ1) is 8.85. The summed E-state index contributed by atoms with van der Waals surface area (Å²) in [6.07, 6.45) is 4.65. The van der Waals surface area contributed by atoms with Gasteiger partial charge < -0.3 is 5.73 Å². The average molecular weight is 202 g/mol. The molecule has 0 amide bonds. The first-order chi connectivity index (χ1) is 7.03. The lowest BCUT2D eigenvalue weighted by atomic mass is 10.0. The summed E-state index contributed by atoms with van der Waals surface area (Å²) in [7, 11) is 0. The zero-order chi connectivity index (χ0) is 10.7. The Morgan fingerprint density at radius 3 is 2.80 bits per heavy atom. The highest BCUT2D eigenvalue weighted by Crippen LogP contribution is 2.59. The smallest absolute Gasteiger partial charge is 0.155 e. The Kier molecular flexibility index (Phi) is 1.41. The van der Waals surface area contributed by atoms with E-state index in [1.54, 1.807) is 10.7 Å². The van der Waals surface area contributed by atoms with Crippen LogP contribution < -0.4 is 5.73 Å². The van der Waals surface area contributed by atoms with Crippen LogP contribution >= 0.6 is 0 Å². The lowest BCUT2D eigenvalue weighted by molar-refractivity contribution is 0.497. The third-order valence-corrected chi connectivity index (χ3v) is 3.50. The van der Waals surface area contributed by atoms with Gasteiger partial charge in [0.25, 0.3) is 0 Å². The Balaban J connectivity index is 2.14. The van der Waals surface area contributed by atoms with E-state index in [-0.39, 0.29) is 11.0 Å². The fourth-order valence-corrected chi connectivity index (χ4v) is 2.14. The molecule has 0 radical (unpaired) electrons. The molecule has 2 aromatic rings. The maximum Gasteiger partial charge on any atom is 0.155 e. The van der Waals surface area contributed by atoms with Crippen molar-refractivity contribution in [2.45, 2.75) is 25.8 Å². The molecule has 1 aliphatic carbocycles. The van der Waals surface area contributed by atoms with Crippen molar-refractivity contribution >= 4 is 5.65 Å². The molecule has 2 heterocycles. The summed E-state index contributed by atoms with van der Waals surface area (Å²) >= 11 is 0. The lowest BCUT2D eigenvalue weighted by Crippen LogP contribution is -2.26. The number of hydrogen-bond acceptors (Lipinski definition) is 3. The van der Waals surface area contributed by atoms with Crippen LogP contribution in [0.15, 0.2) is 24.5 Å². The molecular weight excluding hydrogens is 188 g/mol. The topological polar surface area (TPSA) is 56.2 Å². The molecule has 1 unspecified atom stereocenters. The minimum Gasteiger partial charge on any atom is -0.320 e. The van der Waals surface area contributed by atoms with E-state index in [4.69, 9.17) is 5.73 Å². The molecule has 1 aliphatic rings. The molecule has 1 fully saturated rings. The maximum atomic E-state index is 6.31. The largest absolute Gasteiger partial charge is 0.320 e. The fourth-order valence-electron chi connectivity index (χ4n) is 2.14. The van der Waals surface area contributed by atoms with E-state index >= 15 is 0 Å². The van der Waals surface area contributed by atoms with E-state index in [0.717, 1.165) is 17.8 Å². The van der Waals surface area contributed by atoms with Crippen molar-refractivity contribution in [2.75, 3.05) is 0 Å². The van der Waals surface area contributed by atoms with Crippen LogP contribution in [0.1, 0.15) is 26.0 Å². The first-order valence-corrected chi connectivity index (χ1v) is 5.13. The van der Waals surface area contributed by atoms with Crippen LogP contribution in [-0.4, -0.2) is 14.6 Å². The third kappa shape index (κ3) is 1.05. The third-order valence-electron chi connectivity index (χ3n) is 3.50. The van der Waals surface area contributed by atoms with Crippen LogP contribution in [0.2, 0.25) is 0 Å². The summed E-state index contributed by atoms with van der Waals surface area (Å²) in [5.74, 6) is 0. The van der Waals surface area contributed by atoms with Crippen molar-refractivity contribution < 1.29 is 0 Å². The van der Waals surface area contributed by atoms with Gasteiger partial charge in [-0.15, -0.1) is 0 Å². The highest BCUT2D eigenvalue weighted by atomic mass is 15.3. The predicted molar refractivity (Wildman–Crippen MR) is 57.3 cm³/mol. The minimum atomic E-state index is -0.263. The van der Waals surface area contributed by atoms with Gasteiger partial charge in [-0.1, -0.05) is 13.8 Å². The Hall–Kier alpha value is -1.42. The zero-order valence-electron chi connectivity index (χ0n) is 8.94. The SMILES string of the molecule is CC1(C)CC1(N)c1cc2ncccn2n1. The van der Waals surface area contributed by atoms with Gasteiger partial charge in [-0.3, -0.25) is 0 Å². The second kappa shape index (κ2) is 2.39. The highest BCUT2D eigenvalue weighted by Gasteiger charge is 2.61. The Morgan fingerprint density at radius 1 is 1.47 bits per heavy atom. The van der Waals surface area contributed by atoms with Gasteiger partial charge in [0, 0.05) is 18.5 Å². The van der Waals surface area contributed by atoms with Crippen molar-refractivity contribution in [3.63, 3.8) is 0 Å². The Labute approximate surface area is 88.1 Å². The summed E-state index contributed by atoms with van der Waals surface area (Å²) in [6, 6.07) is 3.85. The van der Waals surface area contributed by atoms with Gasteiger partial charge in [0.1, 0.15) is 0 Å². The fraction of sp³-hybridized carbons (Fsp3) is 0.455. The van der Waals surface area contributed by atoms with Crippen molar-refractivity contribution in [1.29, 1.82) is 0 Å². The molecule has 0 saturated heterocycles. The summed E-state index contributed by atoms with van der Waals surface area (Å²) in [4.78, 5) is 4.24. The van der Waals surface area contributed by atoms with E-state index in [1.165, 1.54) is 0 Å². The molecule has 4 nitrogen and oxygen atoms in total. The van der Waals surface area contributed by atoms with Crippen LogP contribution in [-0.2, 0) is 5.54 Å². The van der Waals surface area contributed by atoms with Gasteiger partial charge in [-0.05, 0) is 17.9 Å². The van der Waals surface area contributed by atoms with Crippen LogP contribution in [0.3, 0.4) is 0 Å². The molecule has 0 bridgehead atoms. The molecule has 2 N–H and O–H groups in total. The van der Waals surface area contributed by atoms with Gasteiger partial charge in [0.05, 0.1) is 11.2 Å². The predicted octanol–water partition coefficient (Wildman–Crippen LogP) is 1.31. The molecule has 0 aliphatic heterocycles. The number of aromatic nitrogens is 3. The Morgan fingerprint density at radius 2 is 2.20 bits per heavy atom. The van der Waals surface area contributed by atoms with E-state index in [0.29, 0.717) is 0 Å². The van der Waals surface area contributed by atoms with Crippen molar-refractivity contribution in [3.8, 4) is 0 Å². The minimum absolute atomic E-state index is 0.158. The second-order valence-corrected chi connectivity index (χ2v) is 4.98. The van der Waals surface area contributed by atoms with Crippen molar-refractivity contribution in [3.05, 3.63) is 30.2 Å². The van der Waals surface area contributed by atoms with Gasteiger partial charge in [0.15, 0.2) is 5.65 Å². The van der Waals surface area contributed by atoms with E-state index in [1.807, 2.05) is 18.3 Å². The van der Waals surface area contributed by atoms with E-state index < -0.39 is 0 Å². The summed E-state index contributed by atoms with van der Waals surface area (Å²) < 4.78 is 1.78. The average Bonchev–Trinajstić information content (AvgIpc) is 2.61. The summed E-state index contributed by atoms with van der Waals surface area (Å²) in [5, 5.41) is 4.47. The number of nitrogens with zero attached hydrogens (tertiary/aromatic N) is 3. The maximum absolute atomic E-state index is 6.31. The van der Waals surface area contributed by atoms with E-state index in [9.17, 15) is 0 Å². The van der Waals surface area contributed by atoms with Crippen LogP contribution in [0.25, 0.3) is 5.65 Å². The monoisotopic (exact) mass is 202 g/mol. The van der Waals surface area contributed by atoms with Crippen LogP contribution in [0.5, 0.6) is 0 Å². The molecular formula is C11H14N4. The number of rotatable bonds is 1.